The minimum atomic E-state index is -0.808. The molecule has 0 spiro atoms. The fourth-order valence-corrected chi connectivity index (χ4v) is 4.81. The Hall–Kier alpha value is -2.63. The van der Waals surface area contributed by atoms with Gasteiger partial charge in [0, 0.05) is 5.69 Å². The van der Waals surface area contributed by atoms with Crippen LogP contribution >= 0.6 is 0 Å². The Labute approximate surface area is 158 Å². The standard InChI is InChI=1S/C21H24N2O4/c1-11(2)18(19(24)22-14-6-8-15(27-3)9-7-14)23-20(25)16-12-4-5-13(10-12)17(16)21(23)26/h4-9,11-13,16-18H,10H2,1-3H3,(H,22,24). The van der Waals surface area contributed by atoms with Crippen LogP contribution in [0.4, 0.5) is 5.69 Å². The molecule has 6 nitrogen and oxygen atoms in total. The Morgan fingerprint density at radius 3 is 2.11 bits per heavy atom. The zero-order valence-electron chi connectivity index (χ0n) is 15.7. The molecule has 0 radical (unpaired) electrons. The number of anilines is 1. The molecule has 1 aliphatic heterocycles. The van der Waals surface area contributed by atoms with Gasteiger partial charge in [-0.1, -0.05) is 26.0 Å². The number of carbonyl (C=O) groups excluding carboxylic acids is 3. The number of methoxy groups -OCH3 is 1. The van der Waals surface area contributed by atoms with Crippen molar-refractivity contribution >= 4 is 23.4 Å². The molecule has 1 aromatic carbocycles. The van der Waals surface area contributed by atoms with Gasteiger partial charge in [0.2, 0.25) is 17.7 Å². The van der Waals surface area contributed by atoms with Gasteiger partial charge < -0.3 is 10.1 Å². The van der Waals surface area contributed by atoms with E-state index in [2.05, 4.69) is 17.5 Å². The summed E-state index contributed by atoms with van der Waals surface area (Å²) in [6.07, 6.45) is 5.00. The second-order valence-electron chi connectivity index (χ2n) is 7.95. The largest absolute Gasteiger partial charge is 0.497 e. The molecule has 5 atom stereocenters. The van der Waals surface area contributed by atoms with E-state index < -0.39 is 6.04 Å². The van der Waals surface area contributed by atoms with Crippen molar-refractivity contribution in [2.75, 3.05) is 12.4 Å². The Morgan fingerprint density at radius 1 is 1.07 bits per heavy atom. The molecule has 3 aliphatic rings. The number of allylic oxidation sites excluding steroid dienone is 2. The van der Waals surface area contributed by atoms with Crippen molar-refractivity contribution in [3.05, 3.63) is 36.4 Å². The van der Waals surface area contributed by atoms with Gasteiger partial charge in [0.05, 0.1) is 18.9 Å². The van der Waals surface area contributed by atoms with Crippen LogP contribution < -0.4 is 10.1 Å². The number of fused-ring (bicyclic) bond motifs is 5. The quantitative estimate of drug-likeness (QED) is 0.640. The summed E-state index contributed by atoms with van der Waals surface area (Å²) in [5.74, 6) is -0.509. The third kappa shape index (κ3) is 2.74. The summed E-state index contributed by atoms with van der Waals surface area (Å²) in [6, 6.07) is 6.17. The first-order valence-electron chi connectivity index (χ1n) is 9.42. The van der Waals surface area contributed by atoms with E-state index in [0.29, 0.717) is 11.4 Å². The zero-order valence-corrected chi connectivity index (χ0v) is 15.7. The maximum atomic E-state index is 13.0. The molecule has 1 heterocycles. The van der Waals surface area contributed by atoms with Gasteiger partial charge in [0.1, 0.15) is 11.8 Å². The minimum absolute atomic E-state index is 0.138. The van der Waals surface area contributed by atoms with Crippen LogP contribution in [0.15, 0.2) is 36.4 Å². The number of nitrogens with zero attached hydrogens (tertiary/aromatic N) is 1. The normalized spacial score (nSPS) is 29.4. The molecule has 142 valence electrons. The number of rotatable bonds is 5. The molecule has 1 aromatic rings. The molecule has 2 aliphatic carbocycles. The van der Waals surface area contributed by atoms with Crippen LogP contribution in [0.1, 0.15) is 20.3 Å². The lowest BCUT2D eigenvalue weighted by molar-refractivity contribution is -0.148. The second kappa shape index (κ2) is 6.51. The third-order valence-electron chi connectivity index (χ3n) is 6.04. The molecule has 0 aromatic heterocycles. The van der Waals surface area contributed by atoms with E-state index in [-0.39, 0.29) is 47.3 Å². The fourth-order valence-electron chi connectivity index (χ4n) is 4.81. The van der Waals surface area contributed by atoms with Crippen molar-refractivity contribution < 1.29 is 19.1 Å². The molecular weight excluding hydrogens is 344 g/mol. The highest BCUT2D eigenvalue weighted by molar-refractivity contribution is 6.10. The Balaban J connectivity index is 1.56. The number of imide groups is 1. The summed E-state index contributed by atoms with van der Waals surface area (Å²) in [4.78, 5) is 40.3. The number of ether oxygens (including phenoxy) is 1. The third-order valence-corrected chi connectivity index (χ3v) is 6.04. The highest BCUT2D eigenvalue weighted by Crippen LogP contribution is 2.53. The molecule has 3 amide bonds. The molecule has 4 rings (SSSR count). The minimum Gasteiger partial charge on any atom is -0.497 e. The lowest BCUT2D eigenvalue weighted by atomic mass is 9.85. The Kier molecular flexibility index (Phi) is 4.29. The van der Waals surface area contributed by atoms with E-state index in [1.807, 2.05) is 13.8 Å². The number of benzene rings is 1. The van der Waals surface area contributed by atoms with E-state index in [0.717, 1.165) is 6.42 Å². The lowest BCUT2D eigenvalue weighted by Gasteiger charge is -2.29. The second-order valence-corrected chi connectivity index (χ2v) is 7.95. The van der Waals surface area contributed by atoms with Crippen LogP contribution in [0.5, 0.6) is 5.75 Å². The first kappa shape index (κ1) is 17.8. The number of hydrogen-bond acceptors (Lipinski definition) is 4. The number of amides is 3. The van der Waals surface area contributed by atoms with Gasteiger partial charge in [0.25, 0.3) is 0 Å². The Bertz CT molecular complexity index is 784. The van der Waals surface area contributed by atoms with Crippen LogP contribution in [0, 0.1) is 29.6 Å². The fraction of sp³-hybridized carbons (Fsp3) is 0.476. The van der Waals surface area contributed by atoms with Crippen molar-refractivity contribution in [2.45, 2.75) is 26.3 Å². The monoisotopic (exact) mass is 368 g/mol. The Morgan fingerprint density at radius 2 is 1.63 bits per heavy atom. The zero-order chi connectivity index (χ0) is 19.3. The van der Waals surface area contributed by atoms with E-state index >= 15 is 0 Å². The highest BCUT2D eigenvalue weighted by Gasteiger charge is 2.61. The molecule has 2 fully saturated rings. The average molecular weight is 368 g/mol. The molecule has 2 bridgehead atoms. The SMILES string of the molecule is COc1ccc(NC(=O)C(C(C)C)N2C(=O)C3C4C=CC(C4)C3C2=O)cc1. The van der Waals surface area contributed by atoms with Gasteiger partial charge in [-0.25, -0.2) is 0 Å². The molecule has 1 saturated heterocycles. The molecule has 6 heteroatoms. The van der Waals surface area contributed by atoms with Crippen molar-refractivity contribution in [3.8, 4) is 5.75 Å². The molecule has 1 N–H and O–H groups in total. The maximum Gasteiger partial charge on any atom is 0.247 e. The van der Waals surface area contributed by atoms with Crippen molar-refractivity contribution in [3.63, 3.8) is 0 Å². The van der Waals surface area contributed by atoms with Crippen LogP contribution in [0.3, 0.4) is 0 Å². The summed E-state index contributed by atoms with van der Waals surface area (Å²) in [5, 5.41) is 2.84. The average Bonchev–Trinajstić information content (AvgIpc) is 3.32. The first-order chi connectivity index (χ1) is 12.9. The van der Waals surface area contributed by atoms with Crippen molar-refractivity contribution in [1.82, 2.24) is 4.90 Å². The van der Waals surface area contributed by atoms with Gasteiger partial charge in [-0.15, -0.1) is 0 Å². The number of likely N-dealkylation sites (tertiary alicyclic amines) is 1. The summed E-state index contributed by atoms with van der Waals surface area (Å²) >= 11 is 0. The van der Waals surface area contributed by atoms with E-state index in [4.69, 9.17) is 4.74 Å². The molecule has 1 saturated carbocycles. The van der Waals surface area contributed by atoms with Gasteiger partial charge in [-0.05, 0) is 48.4 Å². The van der Waals surface area contributed by atoms with Gasteiger partial charge in [-0.2, -0.15) is 0 Å². The summed E-state index contributed by atoms with van der Waals surface area (Å²) < 4.78 is 5.12. The van der Waals surface area contributed by atoms with Gasteiger partial charge >= 0.3 is 0 Å². The lowest BCUT2D eigenvalue weighted by Crippen LogP contribution is -2.51. The van der Waals surface area contributed by atoms with Crippen molar-refractivity contribution in [1.29, 1.82) is 0 Å². The van der Waals surface area contributed by atoms with Crippen LogP contribution in [0.2, 0.25) is 0 Å². The van der Waals surface area contributed by atoms with E-state index in [9.17, 15) is 14.4 Å². The predicted octanol–water partition coefficient (Wildman–Crippen LogP) is 2.47. The maximum absolute atomic E-state index is 13.0. The first-order valence-corrected chi connectivity index (χ1v) is 9.42. The number of hydrogen-bond donors (Lipinski definition) is 1. The van der Waals surface area contributed by atoms with Crippen LogP contribution in [-0.2, 0) is 14.4 Å². The number of carbonyl (C=O) groups is 3. The predicted molar refractivity (Wildman–Crippen MR) is 99.8 cm³/mol. The molecule has 5 unspecified atom stereocenters. The smallest absolute Gasteiger partial charge is 0.247 e. The molecular formula is C21H24N2O4. The van der Waals surface area contributed by atoms with E-state index in [1.165, 1.54) is 4.90 Å². The van der Waals surface area contributed by atoms with E-state index in [1.54, 1.807) is 31.4 Å². The molecule has 27 heavy (non-hydrogen) atoms. The summed E-state index contributed by atoms with van der Waals surface area (Å²) in [6.45, 7) is 3.72. The van der Waals surface area contributed by atoms with Crippen molar-refractivity contribution in [2.24, 2.45) is 29.6 Å². The van der Waals surface area contributed by atoms with Gasteiger partial charge in [0.15, 0.2) is 0 Å². The highest BCUT2D eigenvalue weighted by atomic mass is 16.5. The topological polar surface area (TPSA) is 75.7 Å². The summed E-state index contributed by atoms with van der Waals surface area (Å²) in [5.41, 5.74) is 0.604. The number of nitrogens with one attached hydrogen (secondary N) is 1. The van der Waals surface area contributed by atoms with Crippen LogP contribution in [-0.4, -0.2) is 35.8 Å². The summed E-state index contributed by atoms with van der Waals surface area (Å²) in [7, 11) is 1.58. The van der Waals surface area contributed by atoms with Gasteiger partial charge in [-0.3, -0.25) is 19.3 Å². The van der Waals surface area contributed by atoms with Crippen LogP contribution in [0.25, 0.3) is 0 Å².